The molecule has 158 valence electrons. The smallest absolute Gasteiger partial charge is 0.264 e. The molecule has 0 saturated heterocycles. The first kappa shape index (κ1) is 20.7. The minimum absolute atomic E-state index is 0.0323. The number of nitrogen functional groups attached to an aromatic ring is 1. The molecule has 2 aromatic carbocycles. The fourth-order valence-corrected chi connectivity index (χ4v) is 3.73. The summed E-state index contributed by atoms with van der Waals surface area (Å²) >= 11 is 1.39. The van der Waals surface area contributed by atoms with Crippen LogP contribution in [0.15, 0.2) is 64.1 Å². The lowest BCUT2D eigenvalue weighted by Gasteiger charge is -2.08. The number of anilines is 2. The number of nitrogens with one attached hydrogen (secondary N) is 1. The Morgan fingerprint density at radius 3 is 2.74 bits per heavy atom. The maximum atomic E-state index is 12.6. The van der Waals surface area contributed by atoms with Crippen LogP contribution in [0.1, 0.15) is 12.5 Å². The van der Waals surface area contributed by atoms with E-state index in [1.54, 1.807) is 0 Å². The highest BCUT2D eigenvalue weighted by atomic mass is 32.2. The molecule has 0 bridgehead atoms. The lowest BCUT2D eigenvalue weighted by molar-refractivity contribution is -0.116. The van der Waals surface area contributed by atoms with Gasteiger partial charge in [-0.05, 0) is 30.4 Å². The highest BCUT2D eigenvalue weighted by Gasteiger charge is 2.23. The van der Waals surface area contributed by atoms with E-state index in [0.29, 0.717) is 22.2 Å². The Hall–Kier alpha value is -3.59. The molecule has 4 rings (SSSR count). The van der Waals surface area contributed by atoms with Crippen LogP contribution in [0.2, 0.25) is 0 Å². The largest absolute Gasteiger partial charge is 0.383 e. The van der Waals surface area contributed by atoms with E-state index in [1.807, 2.05) is 60.9 Å². The van der Waals surface area contributed by atoms with Crippen LogP contribution >= 0.6 is 11.8 Å². The van der Waals surface area contributed by atoms with Gasteiger partial charge in [-0.2, -0.15) is 10.1 Å². The summed E-state index contributed by atoms with van der Waals surface area (Å²) in [6.07, 6.45) is 2.77. The molecule has 0 atom stereocenters. The van der Waals surface area contributed by atoms with Crippen LogP contribution in [-0.4, -0.2) is 32.1 Å². The molecular formula is C22H22N6O2S. The van der Waals surface area contributed by atoms with Crippen molar-refractivity contribution in [1.82, 2.24) is 19.9 Å². The fraction of sp³-hybridized carbons (Fsp3) is 0.182. The van der Waals surface area contributed by atoms with Gasteiger partial charge in [0.15, 0.2) is 0 Å². The lowest BCUT2D eigenvalue weighted by Crippen LogP contribution is -2.20. The third-order valence-electron chi connectivity index (χ3n) is 4.74. The standard InChI is InChI=1S/C22H22N6O2S/c1-3-14-8-7-11-16(12-14)24-17(29)13-28-19(23)18(22(26-28)31-2)21-25-20(27-30-21)15-9-5-4-6-10-15/h4-12H,3,13,23H2,1-2H3,(H,24,29). The Balaban J connectivity index is 1.57. The predicted molar refractivity (Wildman–Crippen MR) is 122 cm³/mol. The summed E-state index contributed by atoms with van der Waals surface area (Å²) in [5.74, 6) is 0.800. The third-order valence-corrected chi connectivity index (χ3v) is 5.41. The van der Waals surface area contributed by atoms with Crippen LogP contribution in [0, 0.1) is 0 Å². The maximum absolute atomic E-state index is 12.6. The molecule has 2 heterocycles. The highest BCUT2D eigenvalue weighted by Crippen LogP contribution is 2.34. The topological polar surface area (TPSA) is 112 Å². The van der Waals surface area contributed by atoms with Gasteiger partial charge in [0.2, 0.25) is 11.7 Å². The van der Waals surface area contributed by atoms with Gasteiger partial charge < -0.3 is 15.6 Å². The zero-order chi connectivity index (χ0) is 21.8. The Morgan fingerprint density at radius 1 is 1.19 bits per heavy atom. The number of carbonyl (C=O) groups is 1. The zero-order valence-corrected chi connectivity index (χ0v) is 18.0. The number of hydrogen-bond donors (Lipinski definition) is 2. The monoisotopic (exact) mass is 434 g/mol. The number of aryl methyl sites for hydroxylation is 1. The van der Waals surface area contributed by atoms with E-state index in [1.165, 1.54) is 16.4 Å². The SMILES string of the molecule is CCc1cccc(NC(=O)Cn2nc(SC)c(-c3nc(-c4ccccc4)no3)c2N)c1. The van der Waals surface area contributed by atoms with Gasteiger partial charge in [0.1, 0.15) is 23.0 Å². The minimum atomic E-state index is -0.225. The summed E-state index contributed by atoms with van der Waals surface area (Å²) < 4.78 is 6.91. The van der Waals surface area contributed by atoms with E-state index >= 15 is 0 Å². The number of benzene rings is 2. The molecule has 9 heteroatoms. The van der Waals surface area contributed by atoms with Crippen LogP contribution in [0.4, 0.5) is 11.5 Å². The molecule has 0 aliphatic carbocycles. The average Bonchev–Trinajstić information content (AvgIpc) is 3.39. The van der Waals surface area contributed by atoms with Crippen LogP contribution in [0.3, 0.4) is 0 Å². The first-order chi connectivity index (χ1) is 15.1. The number of carbonyl (C=O) groups excluding carboxylic acids is 1. The first-order valence-electron chi connectivity index (χ1n) is 9.77. The van der Waals surface area contributed by atoms with Gasteiger partial charge >= 0.3 is 0 Å². The Labute approximate surface area is 183 Å². The number of amides is 1. The fourth-order valence-electron chi connectivity index (χ4n) is 3.15. The molecule has 0 saturated carbocycles. The van der Waals surface area contributed by atoms with Gasteiger partial charge in [0.25, 0.3) is 5.89 Å². The molecule has 31 heavy (non-hydrogen) atoms. The molecule has 0 radical (unpaired) electrons. The number of aromatic nitrogens is 4. The van der Waals surface area contributed by atoms with E-state index < -0.39 is 0 Å². The quantitative estimate of drug-likeness (QED) is 0.421. The number of thioether (sulfide) groups is 1. The molecule has 0 aliphatic heterocycles. The van der Waals surface area contributed by atoms with Crippen LogP contribution in [0.5, 0.6) is 0 Å². The van der Waals surface area contributed by atoms with Crippen molar-refractivity contribution in [3.05, 3.63) is 60.2 Å². The normalized spacial score (nSPS) is 10.9. The van der Waals surface area contributed by atoms with Gasteiger partial charge in [-0.25, -0.2) is 4.68 Å². The lowest BCUT2D eigenvalue weighted by atomic mass is 10.1. The molecule has 3 N–H and O–H groups in total. The van der Waals surface area contributed by atoms with Gasteiger partial charge in [0.05, 0.1) is 0 Å². The summed E-state index contributed by atoms with van der Waals surface area (Å²) in [6, 6.07) is 17.3. The van der Waals surface area contributed by atoms with Crippen molar-refractivity contribution in [2.24, 2.45) is 0 Å². The van der Waals surface area contributed by atoms with Crippen molar-refractivity contribution in [3.8, 4) is 22.8 Å². The summed E-state index contributed by atoms with van der Waals surface area (Å²) in [4.78, 5) is 17.1. The molecule has 0 fully saturated rings. The van der Waals surface area contributed by atoms with E-state index in [0.717, 1.165) is 23.2 Å². The van der Waals surface area contributed by atoms with E-state index in [9.17, 15) is 4.79 Å². The molecule has 2 aromatic heterocycles. The van der Waals surface area contributed by atoms with Gasteiger partial charge in [0, 0.05) is 11.3 Å². The van der Waals surface area contributed by atoms with Gasteiger partial charge in [-0.15, -0.1) is 11.8 Å². The first-order valence-corrected chi connectivity index (χ1v) is 11.0. The number of nitrogens with two attached hydrogens (primary N) is 1. The third kappa shape index (κ3) is 4.46. The van der Waals surface area contributed by atoms with Crippen molar-refractivity contribution in [2.75, 3.05) is 17.3 Å². The summed E-state index contributed by atoms with van der Waals surface area (Å²) in [6.45, 7) is 2.03. The molecule has 0 aliphatic rings. The second kappa shape index (κ2) is 9.05. The summed E-state index contributed by atoms with van der Waals surface area (Å²) in [7, 11) is 0. The second-order valence-electron chi connectivity index (χ2n) is 6.82. The molecule has 0 spiro atoms. The summed E-state index contributed by atoms with van der Waals surface area (Å²) in [5.41, 5.74) is 9.58. The van der Waals surface area contributed by atoms with Crippen LogP contribution in [-0.2, 0) is 17.8 Å². The Kier molecular flexibility index (Phi) is 6.03. The molecule has 4 aromatic rings. The highest BCUT2D eigenvalue weighted by molar-refractivity contribution is 7.98. The van der Waals surface area contributed by atoms with Gasteiger partial charge in [-0.3, -0.25) is 4.79 Å². The van der Waals surface area contributed by atoms with Crippen molar-refractivity contribution in [2.45, 2.75) is 24.9 Å². The van der Waals surface area contributed by atoms with Crippen molar-refractivity contribution < 1.29 is 9.32 Å². The summed E-state index contributed by atoms with van der Waals surface area (Å²) in [5, 5.41) is 12.0. The Morgan fingerprint density at radius 2 is 2.00 bits per heavy atom. The minimum Gasteiger partial charge on any atom is -0.383 e. The van der Waals surface area contributed by atoms with Crippen molar-refractivity contribution in [1.29, 1.82) is 0 Å². The molecular weight excluding hydrogens is 412 g/mol. The average molecular weight is 435 g/mol. The molecule has 0 unspecified atom stereocenters. The van der Waals surface area contributed by atoms with E-state index in [-0.39, 0.29) is 18.3 Å². The van der Waals surface area contributed by atoms with E-state index in [2.05, 4.69) is 27.5 Å². The van der Waals surface area contributed by atoms with Crippen molar-refractivity contribution >= 4 is 29.2 Å². The second-order valence-corrected chi connectivity index (χ2v) is 7.61. The van der Waals surface area contributed by atoms with E-state index in [4.69, 9.17) is 10.3 Å². The molecule has 1 amide bonds. The number of hydrogen-bond acceptors (Lipinski definition) is 7. The number of rotatable bonds is 7. The predicted octanol–water partition coefficient (Wildman–Crippen LogP) is 4.11. The Bertz CT molecular complexity index is 1200. The van der Waals surface area contributed by atoms with Crippen molar-refractivity contribution in [3.63, 3.8) is 0 Å². The number of nitrogens with zero attached hydrogens (tertiary/aromatic N) is 4. The maximum Gasteiger partial charge on any atom is 0.264 e. The van der Waals surface area contributed by atoms with Crippen LogP contribution in [0.25, 0.3) is 22.8 Å². The van der Waals surface area contributed by atoms with Gasteiger partial charge in [-0.1, -0.05) is 54.5 Å². The van der Waals surface area contributed by atoms with Crippen LogP contribution < -0.4 is 11.1 Å². The zero-order valence-electron chi connectivity index (χ0n) is 17.2. The molecule has 8 nitrogen and oxygen atoms in total.